The largest absolute Gasteiger partial charge is 0.504 e. The molecule has 0 saturated heterocycles. The van der Waals surface area contributed by atoms with E-state index < -0.39 is 0 Å². The van der Waals surface area contributed by atoms with Crippen molar-refractivity contribution in [3.63, 3.8) is 0 Å². The van der Waals surface area contributed by atoms with E-state index in [1.807, 2.05) is 0 Å². The molecule has 5 heteroatoms. The minimum absolute atomic E-state index is 0.0547. The van der Waals surface area contributed by atoms with Crippen LogP contribution in [0, 0.1) is 0 Å². The Morgan fingerprint density at radius 3 is 2.55 bits per heavy atom. The lowest BCUT2D eigenvalue weighted by Gasteiger charge is -2.08. The van der Waals surface area contributed by atoms with E-state index >= 15 is 0 Å². The second-order valence-corrected chi connectivity index (χ2v) is 4.85. The van der Waals surface area contributed by atoms with Crippen molar-refractivity contribution in [2.45, 2.75) is 0 Å². The molecule has 0 amide bonds. The van der Waals surface area contributed by atoms with Gasteiger partial charge in [0.1, 0.15) is 5.75 Å². The third-order valence-electron chi connectivity index (χ3n) is 3.53. The van der Waals surface area contributed by atoms with E-state index in [1.54, 1.807) is 37.4 Å². The monoisotopic (exact) mass is 297 g/mol. The molecule has 22 heavy (non-hydrogen) atoms. The van der Waals surface area contributed by atoms with Gasteiger partial charge in [0, 0.05) is 28.2 Å². The summed E-state index contributed by atoms with van der Waals surface area (Å²) in [5, 5.41) is 10.2. The van der Waals surface area contributed by atoms with Crippen LogP contribution in [0.1, 0.15) is 0 Å². The summed E-state index contributed by atoms with van der Waals surface area (Å²) in [6, 6.07) is 11.7. The summed E-state index contributed by atoms with van der Waals surface area (Å²) in [6.07, 6.45) is 0. The number of rotatable bonds is 3. The summed E-state index contributed by atoms with van der Waals surface area (Å²) in [4.78, 5) is 15.5. The van der Waals surface area contributed by atoms with Gasteiger partial charge in [0.2, 0.25) is 0 Å². The first-order valence-electron chi connectivity index (χ1n) is 6.71. The zero-order chi connectivity index (χ0) is 15.7. The molecule has 0 fully saturated rings. The molecule has 0 aliphatic heterocycles. The van der Waals surface area contributed by atoms with Crippen LogP contribution in [0.2, 0.25) is 0 Å². The van der Waals surface area contributed by atoms with Gasteiger partial charge in [0.05, 0.1) is 14.2 Å². The van der Waals surface area contributed by atoms with Crippen LogP contribution in [0.5, 0.6) is 17.2 Å². The molecule has 0 radical (unpaired) electrons. The molecule has 1 aromatic heterocycles. The Hall–Kier alpha value is -2.95. The van der Waals surface area contributed by atoms with Gasteiger partial charge in [-0.3, -0.25) is 4.79 Å². The molecule has 2 N–H and O–H groups in total. The lowest BCUT2D eigenvalue weighted by molar-refractivity contribution is 0.373. The van der Waals surface area contributed by atoms with Crippen molar-refractivity contribution in [2.75, 3.05) is 14.2 Å². The number of hydrogen-bond acceptors (Lipinski definition) is 4. The number of phenols is 1. The minimum Gasteiger partial charge on any atom is -0.504 e. The lowest BCUT2D eigenvalue weighted by atomic mass is 10.1. The van der Waals surface area contributed by atoms with Crippen LogP contribution in [0.15, 0.2) is 47.3 Å². The fourth-order valence-corrected chi connectivity index (χ4v) is 2.35. The molecule has 0 aliphatic rings. The maximum Gasteiger partial charge on any atom is 0.190 e. The van der Waals surface area contributed by atoms with E-state index in [0.29, 0.717) is 22.6 Å². The Morgan fingerprint density at radius 1 is 1.00 bits per heavy atom. The van der Waals surface area contributed by atoms with Crippen LogP contribution in [-0.4, -0.2) is 24.3 Å². The van der Waals surface area contributed by atoms with Crippen molar-refractivity contribution in [3.05, 3.63) is 52.7 Å². The van der Waals surface area contributed by atoms with Gasteiger partial charge in [-0.1, -0.05) is 0 Å². The molecule has 0 saturated carbocycles. The topological polar surface area (TPSA) is 71.6 Å². The molecule has 0 bridgehead atoms. The quantitative estimate of drug-likeness (QED) is 0.779. The smallest absolute Gasteiger partial charge is 0.190 e. The average molecular weight is 297 g/mol. The third-order valence-corrected chi connectivity index (χ3v) is 3.53. The van der Waals surface area contributed by atoms with E-state index in [2.05, 4.69) is 4.98 Å². The zero-order valence-electron chi connectivity index (χ0n) is 12.2. The zero-order valence-corrected chi connectivity index (χ0v) is 12.2. The first-order valence-corrected chi connectivity index (χ1v) is 6.71. The third kappa shape index (κ3) is 2.37. The number of methoxy groups -OCH3 is 2. The minimum atomic E-state index is -0.102. The molecule has 0 atom stereocenters. The number of benzene rings is 2. The van der Waals surface area contributed by atoms with Gasteiger partial charge in [-0.2, -0.15) is 0 Å². The normalized spacial score (nSPS) is 10.6. The second kappa shape index (κ2) is 5.44. The number of aromatic amines is 1. The molecule has 0 spiro atoms. The van der Waals surface area contributed by atoms with Crippen LogP contribution >= 0.6 is 0 Å². The van der Waals surface area contributed by atoms with Gasteiger partial charge in [-0.15, -0.1) is 0 Å². The highest BCUT2D eigenvalue weighted by atomic mass is 16.5. The van der Waals surface area contributed by atoms with Crippen molar-refractivity contribution in [2.24, 2.45) is 0 Å². The lowest BCUT2D eigenvalue weighted by Crippen LogP contribution is -2.03. The molecular weight excluding hydrogens is 282 g/mol. The number of aromatic nitrogens is 1. The van der Waals surface area contributed by atoms with Crippen LogP contribution in [0.3, 0.4) is 0 Å². The average Bonchev–Trinajstić information content (AvgIpc) is 2.55. The van der Waals surface area contributed by atoms with E-state index in [1.165, 1.54) is 19.2 Å². The van der Waals surface area contributed by atoms with E-state index in [4.69, 9.17) is 9.47 Å². The molecule has 3 rings (SSSR count). The second-order valence-electron chi connectivity index (χ2n) is 4.85. The predicted octanol–water partition coefficient (Wildman–Crippen LogP) is 2.92. The molecule has 0 unspecified atom stereocenters. The van der Waals surface area contributed by atoms with Gasteiger partial charge < -0.3 is 19.6 Å². The van der Waals surface area contributed by atoms with Crippen molar-refractivity contribution < 1.29 is 14.6 Å². The Kier molecular flexibility index (Phi) is 3.47. The maximum atomic E-state index is 12.3. The van der Waals surface area contributed by atoms with E-state index in [9.17, 15) is 9.90 Å². The summed E-state index contributed by atoms with van der Waals surface area (Å²) in [6.45, 7) is 0. The molecule has 112 valence electrons. The molecule has 3 aromatic rings. The van der Waals surface area contributed by atoms with Crippen molar-refractivity contribution in [3.8, 4) is 28.5 Å². The highest BCUT2D eigenvalue weighted by molar-refractivity contribution is 5.83. The summed E-state index contributed by atoms with van der Waals surface area (Å²) in [5.74, 6) is 1.05. The van der Waals surface area contributed by atoms with Gasteiger partial charge >= 0.3 is 0 Å². The summed E-state index contributed by atoms with van der Waals surface area (Å²) < 4.78 is 10.2. The van der Waals surface area contributed by atoms with E-state index in [0.717, 1.165) is 11.1 Å². The number of fused-ring (bicyclic) bond motifs is 1. The highest BCUT2D eigenvalue weighted by Gasteiger charge is 2.08. The van der Waals surface area contributed by atoms with Crippen LogP contribution < -0.4 is 14.9 Å². The number of hydrogen-bond donors (Lipinski definition) is 2. The number of pyridine rings is 1. The Labute approximate surface area is 126 Å². The van der Waals surface area contributed by atoms with Gasteiger partial charge in [-0.05, 0) is 36.4 Å². The standard InChI is InChI=1S/C17H15NO4/c1-21-11-4-5-13-12(8-11)16(20)9-14(18-13)10-3-6-15(19)17(7-10)22-2/h3-9,19H,1-2H3,(H,18,20). The Morgan fingerprint density at radius 2 is 1.82 bits per heavy atom. The molecular formula is C17H15NO4. The summed E-state index contributed by atoms with van der Waals surface area (Å²) >= 11 is 0. The number of ether oxygens (including phenoxy) is 2. The van der Waals surface area contributed by atoms with Crippen LogP contribution in [-0.2, 0) is 0 Å². The van der Waals surface area contributed by atoms with E-state index in [-0.39, 0.29) is 11.2 Å². The highest BCUT2D eigenvalue weighted by Crippen LogP contribution is 2.31. The predicted molar refractivity (Wildman–Crippen MR) is 84.8 cm³/mol. The Balaban J connectivity index is 2.18. The maximum absolute atomic E-state index is 12.3. The molecule has 2 aromatic carbocycles. The molecule has 5 nitrogen and oxygen atoms in total. The van der Waals surface area contributed by atoms with Crippen molar-refractivity contribution >= 4 is 10.9 Å². The van der Waals surface area contributed by atoms with Gasteiger partial charge in [-0.25, -0.2) is 0 Å². The van der Waals surface area contributed by atoms with Gasteiger partial charge in [0.15, 0.2) is 16.9 Å². The number of nitrogens with one attached hydrogen (secondary N) is 1. The van der Waals surface area contributed by atoms with Crippen molar-refractivity contribution in [1.82, 2.24) is 4.98 Å². The first-order chi connectivity index (χ1) is 10.6. The molecule has 1 heterocycles. The van der Waals surface area contributed by atoms with Crippen LogP contribution in [0.4, 0.5) is 0 Å². The fraction of sp³-hybridized carbons (Fsp3) is 0.118. The fourth-order valence-electron chi connectivity index (χ4n) is 2.35. The molecule has 0 aliphatic carbocycles. The summed E-state index contributed by atoms with van der Waals surface area (Å²) in [5.41, 5.74) is 2.02. The number of phenolic OH excluding ortho intramolecular Hbond substituents is 1. The Bertz CT molecular complexity index is 899. The van der Waals surface area contributed by atoms with Gasteiger partial charge in [0.25, 0.3) is 0 Å². The number of aromatic hydroxyl groups is 1. The first kappa shape index (κ1) is 14.0. The SMILES string of the molecule is COc1ccc2[nH]c(-c3ccc(O)c(OC)c3)cc(=O)c2c1. The van der Waals surface area contributed by atoms with Crippen LogP contribution in [0.25, 0.3) is 22.2 Å². The van der Waals surface area contributed by atoms with Crippen molar-refractivity contribution in [1.29, 1.82) is 0 Å². The number of H-pyrrole nitrogens is 1. The summed E-state index contributed by atoms with van der Waals surface area (Å²) in [7, 11) is 3.04.